The Morgan fingerprint density at radius 3 is 2.86 bits per heavy atom. The van der Waals surface area contributed by atoms with Gasteiger partial charge in [0.2, 0.25) is 0 Å². The lowest BCUT2D eigenvalue weighted by Crippen LogP contribution is -2.46. The van der Waals surface area contributed by atoms with Crippen LogP contribution < -0.4 is 5.32 Å². The number of hydrogen-bond donors (Lipinski definition) is 1. The molecule has 0 amide bonds. The lowest BCUT2D eigenvalue weighted by molar-refractivity contribution is 0.0480. The van der Waals surface area contributed by atoms with E-state index in [0.717, 1.165) is 26.4 Å². The van der Waals surface area contributed by atoms with E-state index in [1.807, 2.05) is 0 Å². The smallest absolute Gasteiger partial charge is 0.0639 e. The molecule has 1 heterocycles. The maximum atomic E-state index is 5.44. The van der Waals surface area contributed by atoms with Crippen molar-refractivity contribution in [1.29, 1.82) is 0 Å². The van der Waals surface area contributed by atoms with Crippen LogP contribution in [0, 0.1) is 5.92 Å². The average molecular weight is 201 g/mol. The first kappa shape index (κ1) is 12.0. The Bertz CT molecular complexity index is 153. The van der Waals surface area contributed by atoms with Gasteiger partial charge in [-0.3, -0.25) is 0 Å². The first-order chi connectivity index (χ1) is 6.64. The molecule has 84 valence electrons. The van der Waals surface area contributed by atoms with Crippen molar-refractivity contribution in [2.45, 2.75) is 32.2 Å². The maximum absolute atomic E-state index is 5.44. The van der Waals surface area contributed by atoms with Gasteiger partial charge in [0, 0.05) is 25.8 Å². The standard InChI is InChI=1S/C11H23NO2/c1-11(2,9-13-3)12-7-10-5-4-6-14-8-10/h10,12H,4-9H2,1-3H3. The Balaban J connectivity index is 2.17. The molecule has 0 aromatic heterocycles. The van der Waals surface area contributed by atoms with Crippen LogP contribution in [-0.4, -0.2) is 39.0 Å². The number of nitrogens with one attached hydrogen (secondary N) is 1. The molecule has 1 saturated heterocycles. The van der Waals surface area contributed by atoms with Crippen molar-refractivity contribution in [2.75, 3.05) is 33.5 Å². The summed E-state index contributed by atoms with van der Waals surface area (Å²) in [6, 6.07) is 0. The quantitative estimate of drug-likeness (QED) is 0.730. The number of ether oxygens (including phenoxy) is 2. The molecular formula is C11H23NO2. The number of methoxy groups -OCH3 is 1. The summed E-state index contributed by atoms with van der Waals surface area (Å²) in [4.78, 5) is 0. The second-order valence-electron chi connectivity index (χ2n) is 4.78. The van der Waals surface area contributed by atoms with Crippen LogP contribution in [-0.2, 0) is 9.47 Å². The Morgan fingerprint density at radius 2 is 2.29 bits per heavy atom. The third-order valence-electron chi connectivity index (χ3n) is 2.63. The van der Waals surface area contributed by atoms with Gasteiger partial charge in [0.15, 0.2) is 0 Å². The van der Waals surface area contributed by atoms with Gasteiger partial charge in [-0.05, 0) is 32.6 Å². The fraction of sp³-hybridized carbons (Fsp3) is 1.00. The summed E-state index contributed by atoms with van der Waals surface area (Å²) in [5.74, 6) is 0.680. The zero-order valence-corrected chi connectivity index (χ0v) is 9.64. The van der Waals surface area contributed by atoms with E-state index in [1.165, 1.54) is 12.8 Å². The lowest BCUT2D eigenvalue weighted by atomic mass is 10.00. The summed E-state index contributed by atoms with van der Waals surface area (Å²) in [5, 5.41) is 3.52. The van der Waals surface area contributed by atoms with Crippen molar-refractivity contribution in [3.05, 3.63) is 0 Å². The van der Waals surface area contributed by atoms with Crippen LogP contribution in [0.2, 0.25) is 0 Å². The summed E-state index contributed by atoms with van der Waals surface area (Å²) < 4.78 is 10.6. The van der Waals surface area contributed by atoms with E-state index in [4.69, 9.17) is 9.47 Å². The normalized spacial score (nSPS) is 23.8. The van der Waals surface area contributed by atoms with Crippen LogP contribution in [0.25, 0.3) is 0 Å². The molecule has 1 aliphatic heterocycles. The summed E-state index contributed by atoms with van der Waals surface area (Å²) >= 11 is 0. The van der Waals surface area contributed by atoms with Crippen molar-refractivity contribution in [1.82, 2.24) is 5.32 Å². The third kappa shape index (κ3) is 4.40. The van der Waals surface area contributed by atoms with Crippen LogP contribution in [0.15, 0.2) is 0 Å². The largest absolute Gasteiger partial charge is 0.383 e. The molecule has 1 unspecified atom stereocenters. The molecule has 1 fully saturated rings. The number of hydrogen-bond acceptors (Lipinski definition) is 3. The monoisotopic (exact) mass is 201 g/mol. The van der Waals surface area contributed by atoms with Gasteiger partial charge < -0.3 is 14.8 Å². The summed E-state index contributed by atoms with van der Waals surface area (Å²) in [6.07, 6.45) is 2.49. The molecule has 0 saturated carbocycles. The summed E-state index contributed by atoms with van der Waals surface area (Å²) in [7, 11) is 1.74. The highest BCUT2D eigenvalue weighted by Crippen LogP contribution is 2.13. The van der Waals surface area contributed by atoms with Crippen molar-refractivity contribution >= 4 is 0 Å². The molecular weight excluding hydrogens is 178 g/mol. The van der Waals surface area contributed by atoms with Crippen LogP contribution in [0.1, 0.15) is 26.7 Å². The van der Waals surface area contributed by atoms with Gasteiger partial charge in [0.25, 0.3) is 0 Å². The highest BCUT2D eigenvalue weighted by molar-refractivity contribution is 4.79. The number of rotatable bonds is 5. The first-order valence-corrected chi connectivity index (χ1v) is 5.46. The van der Waals surface area contributed by atoms with Gasteiger partial charge in [0.1, 0.15) is 0 Å². The lowest BCUT2D eigenvalue weighted by Gasteiger charge is -2.29. The SMILES string of the molecule is COCC(C)(C)NCC1CCCOC1. The van der Waals surface area contributed by atoms with E-state index in [9.17, 15) is 0 Å². The van der Waals surface area contributed by atoms with Crippen molar-refractivity contribution in [3.8, 4) is 0 Å². The fourth-order valence-corrected chi connectivity index (χ4v) is 1.80. The molecule has 1 aliphatic rings. The molecule has 0 spiro atoms. The molecule has 3 nitrogen and oxygen atoms in total. The van der Waals surface area contributed by atoms with E-state index in [0.29, 0.717) is 5.92 Å². The van der Waals surface area contributed by atoms with Gasteiger partial charge in [-0.2, -0.15) is 0 Å². The summed E-state index contributed by atoms with van der Waals surface area (Å²) in [5.41, 5.74) is 0.0756. The zero-order chi connectivity index (χ0) is 10.4. The fourth-order valence-electron chi connectivity index (χ4n) is 1.80. The van der Waals surface area contributed by atoms with Gasteiger partial charge >= 0.3 is 0 Å². The molecule has 1 rings (SSSR count). The predicted octanol–water partition coefficient (Wildman–Crippen LogP) is 1.43. The van der Waals surface area contributed by atoms with Crippen LogP contribution in [0.3, 0.4) is 0 Å². The molecule has 1 N–H and O–H groups in total. The topological polar surface area (TPSA) is 30.5 Å². The average Bonchev–Trinajstić information content (AvgIpc) is 2.17. The molecule has 0 aromatic carbocycles. The van der Waals surface area contributed by atoms with Crippen LogP contribution >= 0.6 is 0 Å². The van der Waals surface area contributed by atoms with Crippen molar-refractivity contribution < 1.29 is 9.47 Å². The Hall–Kier alpha value is -0.120. The maximum Gasteiger partial charge on any atom is 0.0639 e. The molecule has 14 heavy (non-hydrogen) atoms. The van der Waals surface area contributed by atoms with E-state index in [-0.39, 0.29) is 5.54 Å². The van der Waals surface area contributed by atoms with Gasteiger partial charge in [-0.15, -0.1) is 0 Å². The van der Waals surface area contributed by atoms with Crippen molar-refractivity contribution in [3.63, 3.8) is 0 Å². The minimum absolute atomic E-state index is 0.0756. The Morgan fingerprint density at radius 1 is 1.50 bits per heavy atom. The molecule has 0 aliphatic carbocycles. The highest BCUT2D eigenvalue weighted by Gasteiger charge is 2.20. The zero-order valence-electron chi connectivity index (χ0n) is 9.64. The Labute approximate surface area is 87.2 Å². The molecule has 0 radical (unpaired) electrons. The van der Waals surface area contributed by atoms with E-state index in [2.05, 4.69) is 19.2 Å². The minimum Gasteiger partial charge on any atom is -0.383 e. The van der Waals surface area contributed by atoms with E-state index < -0.39 is 0 Å². The highest BCUT2D eigenvalue weighted by atomic mass is 16.5. The van der Waals surface area contributed by atoms with Crippen LogP contribution in [0.5, 0.6) is 0 Å². The van der Waals surface area contributed by atoms with Crippen LogP contribution in [0.4, 0.5) is 0 Å². The first-order valence-electron chi connectivity index (χ1n) is 5.46. The van der Waals surface area contributed by atoms with Gasteiger partial charge in [-0.25, -0.2) is 0 Å². The molecule has 1 atom stereocenters. The Kier molecular flexibility index (Phi) is 4.85. The molecule has 0 aromatic rings. The second-order valence-corrected chi connectivity index (χ2v) is 4.78. The second kappa shape index (κ2) is 5.69. The summed E-state index contributed by atoms with van der Waals surface area (Å²) in [6.45, 7) is 7.98. The van der Waals surface area contributed by atoms with E-state index >= 15 is 0 Å². The predicted molar refractivity (Wildman–Crippen MR) is 57.5 cm³/mol. The van der Waals surface area contributed by atoms with Gasteiger partial charge in [-0.1, -0.05) is 0 Å². The van der Waals surface area contributed by atoms with Crippen molar-refractivity contribution in [2.24, 2.45) is 5.92 Å². The van der Waals surface area contributed by atoms with E-state index in [1.54, 1.807) is 7.11 Å². The van der Waals surface area contributed by atoms with Gasteiger partial charge in [0.05, 0.1) is 13.2 Å². The molecule has 3 heteroatoms. The molecule has 0 bridgehead atoms. The third-order valence-corrected chi connectivity index (χ3v) is 2.63. The minimum atomic E-state index is 0.0756.